The molecule has 0 aliphatic rings. The third-order valence-electron chi connectivity index (χ3n) is 4.74. The summed E-state index contributed by atoms with van der Waals surface area (Å²) in [4.78, 5) is 28.6. The van der Waals surface area contributed by atoms with E-state index in [9.17, 15) is 9.59 Å². The van der Waals surface area contributed by atoms with Crippen molar-refractivity contribution in [2.24, 2.45) is 0 Å². The summed E-state index contributed by atoms with van der Waals surface area (Å²) in [6.07, 6.45) is 0. The maximum Gasteiger partial charge on any atom is 0.234 e. The van der Waals surface area contributed by atoms with Crippen LogP contribution in [0.4, 0.5) is 11.4 Å². The first-order valence-corrected chi connectivity index (χ1v) is 13.8. The zero-order valence-electron chi connectivity index (χ0n) is 18.8. The molecule has 2 amide bonds. The summed E-state index contributed by atoms with van der Waals surface area (Å²) in [6, 6.07) is 35.4. The van der Waals surface area contributed by atoms with Gasteiger partial charge in [0.25, 0.3) is 0 Å². The van der Waals surface area contributed by atoms with Crippen LogP contribution < -0.4 is 10.6 Å². The summed E-state index contributed by atoms with van der Waals surface area (Å²) in [5, 5.41) is 5.80. The first-order chi connectivity index (χ1) is 17.1. The molecule has 0 heterocycles. The maximum atomic E-state index is 12.1. The van der Waals surface area contributed by atoms with Crippen LogP contribution in [-0.4, -0.2) is 23.3 Å². The number of carbonyl (C=O) groups is 2. The number of benzene rings is 4. The van der Waals surface area contributed by atoms with Crippen LogP contribution in [0.5, 0.6) is 0 Å². The van der Waals surface area contributed by atoms with Crippen molar-refractivity contribution in [3.8, 4) is 0 Å². The summed E-state index contributed by atoms with van der Waals surface area (Å²) >= 11 is 4.71. The molecule has 4 rings (SSSR count). The largest absolute Gasteiger partial charge is 0.325 e. The Morgan fingerprint density at radius 3 is 1.20 bits per heavy atom. The molecule has 0 aliphatic carbocycles. The fourth-order valence-electron chi connectivity index (χ4n) is 3.08. The van der Waals surface area contributed by atoms with Crippen molar-refractivity contribution in [2.45, 2.75) is 19.6 Å². The Kier molecular flexibility index (Phi) is 9.34. The summed E-state index contributed by atoms with van der Waals surface area (Å²) < 4.78 is 0. The van der Waals surface area contributed by atoms with Crippen LogP contribution in [0, 0.1) is 0 Å². The topological polar surface area (TPSA) is 58.2 Å². The molecule has 0 spiro atoms. The van der Waals surface area contributed by atoms with Crippen molar-refractivity contribution in [3.05, 3.63) is 109 Å². The van der Waals surface area contributed by atoms with E-state index >= 15 is 0 Å². The minimum absolute atomic E-state index is 0.0184. The van der Waals surface area contributed by atoms with E-state index in [4.69, 9.17) is 0 Å². The lowest BCUT2D eigenvalue weighted by atomic mass is 10.3. The van der Waals surface area contributed by atoms with Crippen molar-refractivity contribution < 1.29 is 9.59 Å². The Morgan fingerprint density at radius 2 is 0.829 bits per heavy atom. The Hall–Kier alpha value is -3.13. The lowest BCUT2D eigenvalue weighted by Crippen LogP contribution is -2.13. The van der Waals surface area contributed by atoms with Crippen LogP contribution in [0.1, 0.15) is 0 Å². The quantitative estimate of drug-likeness (QED) is 0.217. The van der Waals surface area contributed by atoms with Crippen LogP contribution in [-0.2, 0) is 9.59 Å². The van der Waals surface area contributed by atoms with Crippen molar-refractivity contribution in [1.82, 2.24) is 0 Å². The number of thioether (sulfide) groups is 2. The van der Waals surface area contributed by atoms with E-state index in [0.717, 1.165) is 31.0 Å². The molecule has 0 fully saturated rings. The molecule has 4 nitrogen and oxygen atoms in total. The van der Waals surface area contributed by atoms with E-state index in [-0.39, 0.29) is 11.8 Å². The summed E-state index contributed by atoms with van der Waals surface area (Å²) in [5.41, 5.74) is 1.62. The van der Waals surface area contributed by atoms with Crippen LogP contribution in [0.25, 0.3) is 0 Å². The number of anilines is 2. The van der Waals surface area contributed by atoms with E-state index in [1.165, 1.54) is 23.5 Å². The van der Waals surface area contributed by atoms with Gasteiger partial charge in [0.05, 0.1) is 11.5 Å². The van der Waals surface area contributed by atoms with Gasteiger partial charge in [-0.2, -0.15) is 0 Å². The van der Waals surface area contributed by atoms with Crippen LogP contribution in [0.2, 0.25) is 0 Å². The van der Waals surface area contributed by atoms with Crippen LogP contribution in [0.3, 0.4) is 0 Å². The first kappa shape index (κ1) is 25.0. The number of amides is 2. The minimum atomic E-state index is -0.0184. The van der Waals surface area contributed by atoms with Gasteiger partial charge in [-0.3, -0.25) is 9.59 Å². The highest BCUT2D eigenvalue weighted by Crippen LogP contribution is 2.31. The molecule has 0 saturated carbocycles. The molecule has 0 aliphatic heterocycles. The summed E-state index contributed by atoms with van der Waals surface area (Å²) in [5.74, 6) is 0.693. The van der Waals surface area contributed by atoms with E-state index in [2.05, 4.69) is 34.9 Å². The molecule has 0 bridgehead atoms. The number of rotatable bonds is 10. The predicted molar refractivity (Wildman–Crippen MR) is 149 cm³/mol. The standard InChI is InChI=1S/C28H24N2O2S3/c31-27(29-21-7-3-1-4-8-21)19-33-23-11-15-25(16-12-23)35-26-17-13-24(14-18-26)34-20-28(32)30-22-9-5-2-6-10-22/h1-18H,19-20H2,(H,29,31)(H,30,32). The second-order valence-corrected chi connectivity index (χ2v) is 10.7. The highest BCUT2D eigenvalue weighted by Gasteiger charge is 2.06. The van der Waals surface area contributed by atoms with Gasteiger partial charge in [-0.05, 0) is 72.8 Å². The molecule has 0 unspecified atom stereocenters. The van der Waals surface area contributed by atoms with Crippen LogP contribution in [0.15, 0.2) is 129 Å². The van der Waals surface area contributed by atoms with Gasteiger partial charge in [0.1, 0.15) is 0 Å². The van der Waals surface area contributed by atoms with E-state index < -0.39 is 0 Å². The first-order valence-electron chi connectivity index (χ1n) is 11.0. The lowest BCUT2D eigenvalue weighted by molar-refractivity contribution is -0.114. The average molecular weight is 517 g/mol. The van der Waals surface area contributed by atoms with E-state index in [1.807, 2.05) is 84.9 Å². The highest BCUT2D eigenvalue weighted by atomic mass is 32.2. The molecular formula is C28H24N2O2S3. The molecule has 35 heavy (non-hydrogen) atoms. The Morgan fingerprint density at radius 1 is 0.486 bits per heavy atom. The third-order valence-corrected chi connectivity index (χ3v) is 7.78. The summed E-state index contributed by atoms with van der Waals surface area (Å²) in [6.45, 7) is 0. The lowest BCUT2D eigenvalue weighted by Gasteiger charge is -2.07. The van der Waals surface area contributed by atoms with Crippen molar-refractivity contribution in [2.75, 3.05) is 22.1 Å². The second kappa shape index (κ2) is 13.1. The van der Waals surface area contributed by atoms with Gasteiger partial charge in [0, 0.05) is 31.0 Å². The van der Waals surface area contributed by atoms with Crippen molar-refractivity contribution >= 4 is 58.5 Å². The zero-order chi connectivity index (χ0) is 24.3. The fourth-order valence-corrected chi connectivity index (χ4v) is 5.29. The minimum Gasteiger partial charge on any atom is -0.325 e. The number of nitrogens with one attached hydrogen (secondary N) is 2. The predicted octanol–water partition coefficient (Wildman–Crippen LogP) is 7.30. The van der Waals surface area contributed by atoms with Gasteiger partial charge < -0.3 is 10.6 Å². The Balaban J connectivity index is 1.20. The molecule has 4 aromatic carbocycles. The molecule has 0 atom stereocenters. The average Bonchev–Trinajstić information content (AvgIpc) is 2.89. The molecule has 176 valence electrons. The van der Waals surface area contributed by atoms with Crippen molar-refractivity contribution in [3.63, 3.8) is 0 Å². The fraction of sp³-hybridized carbons (Fsp3) is 0.0714. The molecule has 4 aromatic rings. The molecular weight excluding hydrogens is 493 g/mol. The van der Waals surface area contributed by atoms with Gasteiger partial charge in [-0.15, -0.1) is 23.5 Å². The summed E-state index contributed by atoms with van der Waals surface area (Å²) in [7, 11) is 0. The second-order valence-electron chi connectivity index (χ2n) is 7.45. The Labute approximate surface area is 218 Å². The third kappa shape index (κ3) is 8.55. The van der Waals surface area contributed by atoms with Gasteiger partial charge in [0.2, 0.25) is 11.8 Å². The molecule has 7 heteroatoms. The number of hydrogen-bond acceptors (Lipinski definition) is 5. The van der Waals surface area contributed by atoms with Crippen molar-refractivity contribution in [1.29, 1.82) is 0 Å². The zero-order valence-corrected chi connectivity index (χ0v) is 21.3. The number of carbonyl (C=O) groups excluding carboxylic acids is 2. The van der Waals surface area contributed by atoms with Gasteiger partial charge in [-0.1, -0.05) is 48.2 Å². The SMILES string of the molecule is O=C(CSc1ccc(Sc2ccc(SCC(=O)Nc3ccccc3)cc2)cc1)Nc1ccccc1. The van der Waals surface area contributed by atoms with Crippen LogP contribution >= 0.6 is 35.3 Å². The molecule has 2 N–H and O–H groups in total. The molecule has 0 aromatic heterocycles. The molecule has 0 radical (unpaired) electrons. The monoisotopic (exact) mass is 516 g/mol. The molecule has 0 saturated heterocycles. The maximum absolute atomic E-state index is 12.1. The van der Waals surface area contributed by atoms with Gasteiger partial charge in [-0.25, -0.2) is 0 Å². The van der Waals surface area contributed by atoms with Gasteiger partial charge in [0.15, 0.2) is 0 Å². The van der Waals surface area contributed by atoms with E-state index in [1.54, 1.807) is 11.8 Å². The Bertz CT molecular complexity index is 1130. The number of para-hydroxylation sites is 2. The van der Waals surface area contributed by atoms with E-state index in [0.29, 0.717) is 11.5 Å². The van der Waals surface area contributed by atoms with Gasteiger partial charge >= 0.3 is 0 Å². The smallest absolute Gasteiger partial charge is 0.234 e. The number of hydrogen-bond donors (Lipinski definition) is 2. The normalized spacial score (nSPS) is 10.5. The highest BCUT2D eigenvalue weighted by molar-refractivity contribution is 8.00.